The van der Waals surface area contributed by atoms with Crippen molar-refractivity contribution in [2.24, 2.45) is 0 Å². The van der Waals surface area contributed by atoms with Crippen LogP contribution >= 0.6 is 11.6 Å². The minimum atomic E-state index is -0.778. The average molecular weight is 305 g/mol. The quantitative estimate of drug-likeness (QED) is 0.857. The number of para-hydroxylation sites is 1. The van der Waals surface area contributed by atoms with Crippen LogP contribution in [-0.2, 0) is 9.59 Å². The van der Waals surface area contributed by atoms with Gasteiger partial charge in [0.1, 0.15) is 5.75 Å². The number of carbonyl (C=O) groups is 2. The van der Waals surface area contributed by atoms with Gasteiger partial charge in [-0.05, 0) is 30.3 Å². The topological polar surface area (TPSA) is 67.4 Å². The number of amides is 2. The lowest BCUT2D eigenvalue weighted by Crippen LogP contribution is -2.29. The maximum Gasteiger partial charge on any atom is 0.314 e. The molecule has 0 aliphatic carbocycles. The van der Waals surface area contributed by atoms with Gasteiger partial charge < -0.3 is 15.4 Å². The summed E-state index contributed by atoms with van der Waals surface area (Å²) in [5.74, 6) is -1.04. The molecule has 2 N–H and O–H groups in total. The highest BCUT2D eigenvalue weighted by Gasteiger charge is 2.14. The predicted octanol–water partition coefficient (Wildman–Crippen LogP) is 2.93. The molecule has 2 amide bonds. The minimum absolute atomic E-state index is 0.346. The van der Waals surface area contributed by atoms with E-state index in [4.69, 9.17) is 16.3 Å². The van der Waals surface area contributed by atoms with Crippen LogP contribution in [0.1, 0.15) is 0 Å². The Hall–Kier alpha value is -2.53. The molecule has 0 aromatic heterocycles. The largest absolute Gasteiger partial charge is 0.495 e. The van der Waals surface area contributed by atoms with E-state index in [-0.39, 0.29) is 0 Å². The van der Waals surface area contributed by atoms with Crippen LogP contribution in [-0.4, -0.2) is 18.9 Å². The highest BCUT2D eigenvalue weighted by Crippen LogP contribution is 2.27. The van der Waals surface area contributed by atoms with Crippen LogP contribution in [0.3, 0.4) is 0 Å². The highest BCUT2D eigenvalue weighted by molar-refractivity contribution is 6.43. The average Bonchev–Trinajstić information content (AvgIpc) is 2.48. The number of benzene rings is 2. The third kappa shape index (κ3) is 3.97. The molecule has 0 saturated heterocycles. The van der Waals surface area contributed by atoms with Crippen molar-refractivity contribution >= 4 is 34.8 Å². The van der Waals surface area contributed by atoms with E-state index in [9.17, 15) is 9.59 Å². The lowest BCUT2D eigenvalue weighted by Gasteiger charge is -2.08. The van der Waals surface area contributed by atoms with Gasteiger partial charge in [-0.25, -0.2) is 0 Å². The van der Waals surface area contributed by atoms with Crippen LogP contribution in [0.4, 0.5) is 11.4 Å². The fourth-order valence-electron chi connectivity index (χ4n) is 1.64. The SMILES string of the molecule is COc1ccc(NC(=O)C(=O)Nc2ccccc2)cc1Cl. The first-order chi connectivity index (χ1) is 10.1. The minimum Gasteiger partial charge on any atom is -0.495 e. The molecule has 0 atom stereocenters. The Bertz CT molecular complexity index is 659. The van der Waals surface area contributed by atoms with Crippen molar-refractivity contribution in [2.45, 2.75) is 0 Å². The lowest BCUT2D eigenvalue weighted by atomic mass is 10.3. The van der Waals surface area contributed by atoms with Gasteiger partial charge in [-0.15, -0.1) is 0 Å². The van der Waals surface area contributed by atoms with Gasteiger partial charge in [0.25, 0.3) is 0 Å². The van der Waals surface area contributed by atoms with Gasteiger partial charge in [0.15, 0.2) is 0 Å². The number of hydrogen-bond donors (Lipinski definition) is 2. The van der Waals surface area contributed by atoms with Crippen LogP contribution in [0.15, 0.2) is 48.5 Å². The number of anilines is 2. The van der Waals surface area contributed by atoms with E-state index < -0.39 is 11.8 Å². The smallest absolute Gasteiger partial charge is 0.314 e. The summed E-state index contributed by atoms with van der Waals surface area (Å²) in [5.41, 5.74) is 0.958. The fourth-order valence-corrected chi connectivity index (χ4v) is 1.90. The second-order valence-corrected chi connectivity index (χ2v) is 4.53. The van der Waals surface area contributed by atoms with E-state index in [1.807, 2.05) is 6.07 Å². The van der Waals surface area contributed by atoms with Gasteiger partial charge in [-0.2, -0.15) is 0 Å². The Balaban J connectivity index is 2.01. The molecule has 2 aromatic rings. The third-order valence-electron chi connectivity index (χ3n) is 2.65. The standard InChI is InChI=1S/C15H13ClN2O3/c1-21-13-8-7-11(9-12(13)16)18-15(20)14(19)17-10-5-3-2-4-6-10/h2-9H,1H3,(H,17,19)(H,18,20). The normalized spacial score (nSPS) is 9.81. The zero-order valence-electron chi connectivity index (χ0n) is 11.2. The number of rotatable bonds is 3. The molecule has 0 aliphatic heterocycles. The molecule has 0 spiro atoms. The van der Waals surface area contributed by atoms with Gasteiger partial charge in [-0.1, -0.05) is 29.8 Å². The molecule has 0 fully saturated rings. The van der Waals surface area contributed by atoms with Crippen molar-refractivity contribution in [3.63, 3.8) is 0 Å². The van der Waals surface area contributed by atoms with E-state index in [2.05, 4.69) is 10.6 Å². The third-order valence-corrected chi connectivity index (χ3v) is 2.94. The molecule has 5 nitrogen and oxygen atoms in total. The molecular formula is C15H13ClN2O3. The summed E-state index contributed by atoms with van der Waals surface area (Å²) in [6.45, 7) is 0. The molecule has 21 heavy (non-hydrogen) atoms. The molecule has 0 saturated carbocycles. The summed E-state index contributed by atoms with van der Waals surface area (Å²) in [5, 5.41) is 5.30. The molecule has 108 valence electrons. The molecule has 0 bridgehead atoms. The van der Waals surface area contributed by atoms with Crippen molar-refractivity contribution < 1.29 is 14.3 Å². The van der Waals surface area contributed by atoms with Crippen molar-refractivity contribution in [2.75, 3.05) is 17.7 Å². The van der Waals surface area contributed by atoms with E-state index in [0.717, 1.165) is 0 Å². The van der Waals surface area contributed by atoms with Crippen molar-refractivity contribution in [3.05, 3.63) is 53.6 Å². The van der Waals surface area contributed by atoms with Crippen molar-refractivity contribution in [3.8, 4) is 5.75 Å². The molecule has 0 unspecified atom stereocenters. The van der Waals surface area contributed by atoms with Crippen LogP contribution in [0.25, 0.3) is 0 Å². The first-order valence-corrected chi connectivity index (χ1v) is 6.49. The monoisotopic (exact) mass is 304 g/mol. The molecule has 0 heterocycles. The molecule has 2 aromatic carbocycles. The second kappa shape index (κ2) is 6.76. The predicted molar refractivity (Wildman–Crippen MR) is 81.7 cm³/mol. The Labute approximate surface area is 126 Å². The van der Waals surface area contributed by atoms with Crippen LogP contribution in [0.2, 0.25) is 5.02 Å². The zero-order valence-corrected chi connectivity index (χ0v) is 12.0. The van der Waals surface area contributed by atoms with E-state index in [1.54, 1.807) is 36.4 Å². The summed E-state index contributed by atoms with van der Waals surface area (Å²) in [7, 11) is 1.49. The summed E-state index contributed by atoms with van der Waals surface area (Å²) in [6, 6.07) is 13.4. The van der Waals surface area contributed by atoms with E-state index in [0.29, 0.717) is 22.1 Å². The summed E-state index contributed by atoms with van der Waals surface area (Å²) in [4.78, 5) is 23.5. The molecule has 0 aliphatic rings. The van der Waals surface area contributed by atoms with E-state index >= 15 is 0 Å². The first kappa shape index (κ1) is 14.9. The van der Waals surface area contributed by atoms with Crippen molar-refractivity contribution in [1.29, 1.82) is 0 Å². The Morgan fingerprint density at radius 2 is 1.57 bits per heavy atom. The van der Waals surface area contributed by atoms with Gasteiger partial charge >= 0.3 is 11.8 Å². The second-order valence-electron chi connectivity index (χ2n) is 4.12. The fraction of sp³-hybridized carbons (Fsp3) is 0.0667. The summed E-state index contributed by atoms with van der Waals surface area (Å²) < 4.78 is 5.01. The number of carbonyl (C=O) groups excluding carboxylic acids is 2. The number of halogens is 1. The van der Waals surface area contributed by atoms with Gasteiger partial charge in [-0.3, -0.25) is 9.59 Å². The van der Waals surface area contributed by atoms with Crippen LogP contribution < -0.4 is 15.4 Å². The lowest BCUT2D eigenvalue weighted by molar-refractivity contribution is -0.132. The molecule has 6 heteroatoms. The van der Waals surface area contributed by atoms with Gasteiger partial charge in [0.2, 0.25) is 0 Å². The number of hydrogen-bond acceptors (Lipinski definition) is 3. The van der Waals surface area contributed by atoms with Crippen LogP contribution in [0, 0.1) is 0 Å². The van der Waals surface area contributed by atoms with Crippen molar-refractivity contribution in [1.82, 2.24) is 0 Å². The Kier molecular flexibility index (Phi) is 4.79. The summed E-state index contributed by atoms with van der Waals surface area (Å²) in [6.07, 6.45) is 0. The maximum absolute atomic E-state index is 11.8. The van der Waals surface area contributed by atoms with E-state index in [1.165, 1.54) is 13.2 Å². The Morgan fingerprint density at radius 1 is 0.952 bits per heavy atom. The Morgan fingerprint density at radius 3 is 2.14 bits per heavy atom. The molecule has 2 rings (SSSR count). The number of methoxy groups -OCH3 is 1. The molecular weight excluding hydrogens is 292 g/mol. The maximum atomic E-state index is 11.8. The molecule has 0 radical (unpaired) electrons. The number of ether oxygens (including phenoxy) is 1. The van der Waals surface area contributed by atoms with Gasteiger partial charge in [0, 0.05) is 11.4 Å². The van der Waals surface area contributed by atoms with Crippen LogP contribution in [0.5, 0.6) is 5.75 Å². The zero-order chi connectivity index (χ0) is 15.2. The highest BCUT2D eigenvalue weighted by atomic mass is 35.5. The summed E-state index contributed by atoms with van der Waals surface area (Å²) >= 11 is 5.95. The van der Waals surface area contributed by atoms with Gasteiger partial charge in [0.05, 0.1) is 12.1 Å². The first-order valence-electron chi connectivity index (χ1n) is 6.11. The number of nitrogens with one attached hydrogen (secondary N) is 2.